The van der Waals surface area contributed by atoms with E-state index in [1.54, 1.807) is 12.4 Å². The predicted octanol–water partition coefficient (Wildman–Crippen LogP) is 2.03. The Morgan fingerprint density at radius 3 is 2.88 bits per heavy atom. The van der Waals surface area contributed by atoms with Gasteiger partial charge >= 0.3 is 0 Å². The topological polar surface area (TPSA) is 79.8 Å². The summed E-state index contributed by atoms with van der Waals surface area (Å²) in [5, 5.41) is 3.83. The highest BCUT2D eigenvalue weighted by Crippen LogP contribution is 2.38. The molecule has 6 nitrogen and oxygen atoms in total. The zero-order chi connectivity index (χ0) is 16.5. The SMILES string of the molecule is O=C(NCCn1cnc(C2CC2)cc1=O)c1cc2ccccc2[nH]1. The average molecular weight is 322 g/mol. The molecule has 0 spiro atoms. The van der Waals surface area contributed by atoms with Crippen LogP contribution in [0.5, 0.6) is 0 Å². The lowest BCUT2D eigenvalue weighted by Crippen LogP contribution is -2.31. The lowest BCUT2D eigenvalue weighted by Gasteiger charge is -2.07. The van der Waals surface area contributed by atoms with Crippen molar-refractivity contribution in [1.29, 1.82) is 0 Å². The van der Waals surface area contributed by atoms with Crippen LogP contribution in [-0.2, 0) is 6.54 Å². The Bertz CT molecular complexity index is 920. The molecular weight excluding hydrogens is 304 g/mol. The molecule has 1 amide bonds. The molecule has 0 aliphatic heterocycles. The standard InChI is InChI=1S/C18H18N4O2/c23-17-10-15(12-5-6-12)20-11-22(17)8-7-19-18(24)16-9-13-3-1-2-4-14(13)21-16/h1-4,9-12,21H,5-8H2,(H,19,24). The Kier molecular flexibility index (Phi) is 3.65. The van der Waals surface area contributed by atoms with Crippen molar-refractivity contribution >= 4 is 16.8 Å². The number of nitrogens with one attached hydrogen (secondary N) is 2. The largest absolute Gasteiger partial charge is 0.351 e. The molecule has 1 aliphatic rings. The minimum Gasteiger partial charge on any atom is -0.351 e. The molecule has 24 heavy (non-hydrogen) atoms. The van der Waals surface area contributed by atoms with Crippen LogP contribution in [0.25, 0.3) is 10.9 Å². The molecule has 0 bridgehead atoms. The summed E-state index contributed by atoms with van der Waals surface area (Å²) in [7, 11) is 0. The van der Waals surface area contributed by atoms with Gasteiger partial charge in [0.15, 0.2) is 0 Å². The Hall–Kier alpha value is -2.89. The molecule has 2 N–H and O–H groups in total. The maximum atomic E-state index is 12.2. The van der Waals surface area contributed by atoms with Crippen LogP contribution in [0.1, 0.15) is 34.9 Å². The number of rotatable bonds is 5. The molecule has 1 saturated carbocycles. The third-order valence-corrected chi connectivity index (χ3v) is 4.31. The first-order valence-electron chi connectivity index (χ1n) is 8.13. The highest BCUT2D eigenvalue weighted by Gasteiger charge is 2.25. The molecular formula is C18H18N4O2. The predicted molar refractivity (Wildman–Crippen MR) is 91.1 cm³/mol. The van der Waals surface area contributed by atoms with Gasteiger partial charge < -0.3 is 10.3 Å². The third-order valence-electron chi connectivity index (χ3n) is 4.31. The fraction of sp³-hybridized carbons (Fsp3) is 0.278. The molecule has 2 aromatic heterocycles. The number of benzene rings is 1. The Labute approximate surface area is 138 Å². The highest BCUT2D eigenvalue weighted by molar-refractivity contribution is 5.97. The lowest BCUT2D eigenvalue weighted by molar-refractivity contribution is 0.0948. The van der Waals surface area contributed by atoms with Crippen LogP contribution in [0.15, 0.2) is 47.5 Å². The molecule has 122 valence electrons. The summed E-state index contributed by atoms with van der Waals surface area (Å²) in [6.07, 6.45) is 3.82. The number of hydrogen-bond donors (Lipinski definition) is 2. The second kappa shape index (κ2) is 5.96. The maximum Gasteiger partial charge on any atom is 0.267 e. The molecule has 3 aromatic rings. The number of para-hydroxylation sites is 1. The Balaban J connectivity index is 1.38. The van der Waals surface area contributed by atoms with E-state index in [0.29, 0.717) is 24.7 Å². The number of fused-ring (bicyclic) bond motifs is 1. The summed E-state index contributed by atoms with van der Waals surface area (Å²) >= 11 is 0. The minimum absolute atomic E-state index is 0.0632. The van der Waals surface area contributed by atoms with Crippen molar-refractivity contribution < 1.29 is 4.79 Å². The molecule has 0 unspecified atom stereocenters. The highest BCUT2D eigenvalue weighted by atomic mass is 16.2. The number of aromatic amines is 1. The van der Waals surface area contributed by atoms with E-state index in [1.165, 1.54) is 4.57 Å². The summed E-state index contributed by atoms with van der Waals surface area (Å²) in [4.78, 5) is 31.7. The quantitative estimate of drug-likeness (QED) is 0.754. The Morgan fingerprint density at radius 1 is 1.29 bits per heavy atom. The molecule has 1 aliphatic carbocycles. The van der Waals surface area contributed by atoms with Gasteiger partial charge in [0.1, 0.15) is 5.69 Å². The van der Waals surface area contributed by atoms with Gasteiger partial charge in [0.05, 0.1) is 12.0 Å². The van der Waals surface area contributed by atoms with Gasteiger partial charge in [-0.2, -0.15) is 0 Å². The number of carbonyl (C=O) groups excluding carboxylic acids is 1. The first-order chi connectivity index (χ1) is 11.7. The second-order valence-electron chi connectivity index (χ2n) is 6.15. The van der Waals surface area contributed by atoms with Crippen LogP contribution in [0.4, 0.5) is 0 Å². The van der Waals surface area contributed by atoms with E-state index < -0.39 is 0 Å². The van der Waals surface area contributed by atoms with Gasteiger partial charge in [0.25, 0.3) is 11.5 Å². The van der Waals surface area contributed by atoms with Crippen LogP contribution in [0, 0.1) is 0 Å². The van der Waals surface area contributed by atoms with E-state index in [9.17, 15) is 9.59 Å². The summed E-state index contributed by atoms with van der Waals surface area (Å²) in [6.45, 7) is 0.779. The number of amides is 1. The molecule has 1 fully saturated rings. The van der Waals surface area contributed by atoms with Gasteiger partial charge in [0, 0.05) is 36.0 Å². The van der Waals surface area contributed by atoms with E-state index in [1.807, 2.05) is 30.3 Å². The number of carbonyl (C=O) groups is 1. The number of hydrogen-bond acceptors (Lipinski definition) is 3. The third kappa shape index (κ3) is 2.95. The van der Waals surface area contributed by atoms with Crippen molar-refractivity contribution in [2.24, 2.45) is 0 Å². The van der Waals surface area contributed by atoms with Crippen molar-refractivity contribution in [2.75, 3.05) is 6.54 Å². The van der Waals surface area contributed by atoms with Gasteiger partial charge in [-0.05, 0) is 25.0 Å². The number of H-pyrrole nitrogens is 1. The van der Waals surface area contributed by atoms with Crippen molar-refractivity contribution in [3.05, 3.63) is 64.5 Å². The molecule has 0 atom stereocenters. The number of aromatic nitrogens is 3. The average Bonchev–Trinajstić information content (AvgIpc) is 3.34. The molecule has 0 radical (unpaired) electrons. The zero-order valence-corrected chi connectivity index (χ0v) is 13.2. The van der Waals surface area contributed by atoms with Crippen molar-refractivity contribution in [2.45, 2.75) is 25.3 Å². The number of nitrogens with zero attached hydrogens (tertiary/aromatic N) is 2. The second-order valence-corrected chi connectivity index (χ2v) is 6.15. The molecule has 0 saturated heterocycles. The van der Waals surface area contributed by atoms with Crippen LogP contribution >= 0.6 is 0 Å². The summed E-state index contributed by atoms with van der Waals surface area (Å²) in [6, 6.07) is 11.2. The van der Waals surface area contributed by atoms with E-state index in [4.69, 9.17) is 0 Å². The van der Waals surface area contributed by atoms with Crippen LogP contribution < -0.4 is 10.9 Å². The van der Waals surface area contributed by atoms with Crippen molar-refractivity contribution in [3.63, 3.8) is 0 Å². The molecule has 2 heterocycles. The monoisotopic (exact) mass is 322 g/mol. The molecule has 1 aromatic carbocycles. The van der Waals surface area contributed by atoms with Crippen LogP contribution in [0.2, 0.25) is 0 Å². The maximum absolute atomic E-state index is 12.2. The normalized spacial score (nSPS) is 14.0. The van der Waals surface area contributed by atoms with Gasteiger partial charge in [-0.15, -0.1) is 0 Å². The summed E-state index contributed by atoms with van der Waals surface area (Å²) < 4.78 is 1.53. The van der Waals surface area contributed by atoms with E-state index in [0.717, 1.165) is 29.4 Å². The fourth-order valence-electron chi connectivity index (χ4n) is 2.79. The van der Waals surface area contributed by atoms with Gasteiger partial charge in [-0.3, -0.25) is 14.2 Å². The summed E-state index contributed by atoms with van der Waals surface area (Å²) in [5.41, 5.74) is 2.27. The first-order valence-corrected chi connectivity index (χ1v) is 8.13. The van der Waals surface area contributed by atoms with Crippen molar-refractivity contribution in [3.8, 4) is 0 Å². The van der Waals surface area contributed by atoms with Crippen LogP contribution in [0.3, 0.4) is 0 Å². The fourth-order valence-corrected chi connectivity index (χ4v) is 2.79. The lowest BCUT2D eigenvalue weighted by atomic mass is 10.2. The zero-order valence-electron chi connectivity index (χ0n) is 13.2. The van der Waals surface area contributed by atoms with Crippen LogP contribution in [-0.4, -0.2) is 27.0 Å². The van der Waals surface area contributed by atoms with E-state index >= 15 is 0 Å². The van der Waals surface area contributed by atoms with Gasteiger partial charge in [-0.1, -0.05) is 18.2 Å². The molecule has 6 heteroatoms. The van der Waals surface area contributed by atoms with E-state index in [2.05, 4.69) is 15.3 Å². The minimum atomic E-state index is -0.179. The van der Waals surface area contributed by atoms with Gasteiger partial charge in [0.2, 0.25) is 0 Å². The smallest absolute Gasteiger partial charge is 0.267 e. The van der Waals surface area contributed by atoms with Crippen molar-refractivity contribution in [1.82, 2.24) is 19.9 Å². The van der Waals surface area contributed by atoms with E-state index in [-0.39, 0.29) is 11.5 Å². The summed E-state index contributed by atoms with van der Waals surface area (Å²) in [5.74, 6) is 0.288. The first kappa shape index (κ1) is 14.7. The molecule has 4 rings (SSSR count). The Morgan fingerprint density at radius 2 is 2.12 bits per heavy atom. The van der Waals surface area contributed by atoms with Gasteiger partial charge in [-0.25, -0.2) is 4.98 Å².